The quantitative estimate of drug-likeness (QED) is 0.749. The number of halogens is 2. The van der Waals surface area contributed by atoms with E-state index in [4.69, 9.17) is 5.11 Å². The van der Waals surface area contributed by atoms with Crippen LogP contribution in [0.5, 0.6) is 0 Å². The summed E-state index contributed by atoms with van der Waals surface area (Å²) in [4.78, 5) is 11.5. The van der Waals surface area contributed by atoms with Crippen LogP contribution in [0.1, 0.15) is 20.8 Å². The van der Waals surface area contributed by atoms with Gasteiger partial charge in [-0.05, 0) is 19.9 Å². The first kappa shape index (κ1) is 13.3. The van der Waals surface area contributed by atoms with Gasteiger partial charge in [0.2, 0.25) is 0 Å². The highest BCUT2D eigenvalue weighted by Crippen LogP contribution is 2.18. The average Bonchev–Trinajstić information content (AvgIpc) is 2.01. The summed E-state index contributed by atoms with van der Waals surface area (Å²) in [5.41, 5.74) is 0. The summed E-state index contributed by atoms with van der Waals surface area (Å²) in [7, 11) is 1.50. The number of hydrogen-bond acceptors (Lipinski definition) is 2. The van der Waals surface area contributed by atoms with Crippen LogP contribution in [-0.2, 0) is 4.79 Å². The van der Waals surface area contributed by atoms with Crippen molar-refractivity contribution < 1.29 is 18.7 Å². The highest BCUT2D eigenvalue weighted by Gasteiger charge is 2.40. The molecule has 0 heterocycles. The van der Waals surface area contributed by atoms with Crippen LogP contribution in [0, 0.1) is 5.92 Å². The summed E-state index contributed by atoms with van der Waals surface area (Å²) in [5.74, 6) is -5.53. The van der Waals surface area contributed by atoms with Crippen LogP contribution < -0.4 is 0 Å². The van der Waals surface area contributed by atoms with Crippen molar-refractivity contribution in [3.8, 4) is 0 Å². The molecule has 0 saturated carbocycles. The number of nitrogens with zero attached hydrogens (tertiary/aromatic N) is 1. The third-order valence-corrected chi connectivity index (χ3v) is 2.42. The summed E-state index contributed by atoms with van der Waals surface area (Å²) in [6.45, 7) is 4.85. The van der Waals surface area contributed by atoms with Crippen molar-refractivity contribution in [2.24, 2.45) is 5.92 Å². The minimum atomic E-state index is -3.67. The van der Waals surface area contributed by atoms with E-state index in [0.29, 0.717) is 0 Å². The summed E-state index contributed by atoms with van der Waals surface area (Å²) in [6.07, 6.45) is 0. The molecule has 0 aliphatic rings. The second-order valence-electron chi connectivity index (χ2n) is 3.91. The second kappa shape index (κ2) is 4.68. The Kier molecular flexibility index (Phi) is 4.45. The van der Waals surface area contributed by atoms with Gasteiger partial charge in [0.25, 0.3) is 0 Å². The van der Waals surface area contributed by atoms with Gasteiger partial charge in [-0.2, -0.15) is 8.78 Å². The van der Waals surface area contributed by atoms with E-state index < -0.39 is 18.4 Å². The number of carbonyl (C=O) groups is 1. The molecule has 14 heavy (non-hydrogen) atoms. The maximum Gasteiger partial charge on any atom is 0.375 e. The lowest BCUT2D eigenvalue weighted by Gasteiger charge is -2.29. The fourth-order valence-electron chi connectivity index (χ4n) is 1.03. The van der Waals surface area contributed by atoms with E-state index in [9.17, 15) is 13.6 Å². The summed E-state index contributed by atoms with van der Waals surface area (Å²) >= 11 is 0. The Hall–Kier alpha value is -0.710. The van der Waals surface area contributed by atoms with Crippen LogP contribution in [0.3, 0.4) is 0 Å². The van der Waals surface area contributed by atoms with E-state index in [1.54, 1.807) is 6.92 Å². The zero-order valence-electron chi connectivity index (χ0n) is 8.92. The third-order valence-electron chi connectivity index (χ3n) is 2.42. The Morgan fingerprint density at radius 1 is 1.43 bits per heavy atom. The average molecular weight is 209 g/mol. The highest BCUT2D eigenvalue weighted by molar-refractivity contribution is 5.75. The molecule has 0 saturated heterocycles. The van der Waals surface area contributed by atoms with Gasteiger partial charge >= 0.3 is 11.9 Å². The second-order valence-corrected chi connectivity index (χ2v) is 3.91. The molecule has 1 unspecified atom stereocenters. The number of aliphatic carboxylic acids is 1. The van der Waals surface area contributed by atoms with Crippen molar-refractivity contribution in [1.29, 1.82) is 0 Å². The monoisotopic (exact) mass is 209 g/mol. The molecule has 1 N–H and O–H groups in total. The zero-order chi connectivity index (χ0) is 11.5. The number of carboxylic acids is 1. The molecular formula is C9H17F2NO2. The SMILES string of the molecule is CC(C)C(C)N(C)CC(F)(F)C(=O)O. The molecule has 0 amide bonds. The minimum Gasteiger partial charge on any atom is -0.477 e. The molecule has 0 aromatic heterocycles. The van der Waals surface area contributed by atoms with E-state index in [1.165, 1.54) is 11.9 Å². The maximum atomic E-state index is 12.8. The lowest BCUT2D eigenvalue weighted by atomic mass is 10.0. The van der Waals surface area contributed by atoms with Gasteiger partial charge < -0.3 is 5.11 Å². The largest absolute Gasteiger partial charge is 0.477 e. The molecule has 0 aromatic rings. The lowest BCUT2D eigenvalue weighted by molar-refractivity contribution is -0.167. The van der Waals surface area contributed by atoms with Crippen molar-refractivity contribution in [2.75, 3.05) is 13.6 Å². The molecule has 0 radical (unpaired) electrons. The molecular weight excluding hydrogens is 192 g/mol. The third kappa shape index (κ3) is 3.57. The van der Waals surface area contributed by atoms with Gasteiger partial charge in [0.15, 0.2) is 0 Å². The van der Waals surface area contributed by atoms with Crippen LogP contribution >= 0.6 is 0 Å². The van der Waals surface area contributed by atoms with Crippen LogP contribution in [-0.4, -0.2) is 41.5 Å². The molecule has 0 spiro atoms. The molecule has 0 aliphatic heterocycles. The zero-order valence-corrected chi connectivity index (χ0v) is 8.92. The fourth-order valence-corrected chi connectivity index (χ4v) is 1.03. The van der Waals surface area contributed by atoms with Crippen LogP contribution in [0.4, 0.5) is 8.78 Å². The van der Waals surface area contributed by atoms with E-state index in [-0.39, 0.29) is 12.0 Å². The van der Waals surface area contributed by atoms with E-state index in [0.717, 1.165) is 0 Å². The number of rotatable bonds is 5. The first-order chi connectivity index (χ1) is 6.18. The van der Waals surface area contributed by atoms with Gasteiger partial charge in [-0.1, -0.05) is 13.8 Å². The summed E-state index contributed by atoms with van der Waals surface area (Å²) in [5, 5.41) is 8.23. The Morgan fingerprint density at radius 3 is 2.14 bits per heavy atom. The fraction of sp³-hybridized carbons (Fsp3) is 0.889. The Bertz CT molecular complexity index is 207. The Morgan fingerprint density at radius 2 is 1.86 bits per heavy atom. The summed E-state index contributed by atoms with van der Waals surface area (Å²) < 4.78 is 25.6. The minimum absolute atomic E-state index is 0.0692. The van der Waals surface area contributed by atoms with Crippen LogP contribution in [0.15, 0.2) is 0 Å². The lowest BCUT2D eigenvalue weighted by Crippen LogP contribution is -2.45. The Balaban J connectivity index is 4.31. The molecule has 1 atom stereocenters. The predicted molar refractivity (Wildman–Crippen MR) is 49.5 cm³/mol. The van der Waals surface area contributed by atoms with Crippen LogP contribution in [0.25, 0.3) is 0 Å². The molecule has 0 bridgehead atoms. The van der Waals surface area contributed by atoms with Crippen molar-refractivity contribution >= 4 is 5.97 Å². The van der Waals surface area contributed by atoms with Gasteiger partial charge in [-0.25, -0.2) is 4.79 Å². The molecule has 0 rings (SSSR count). The normalized spacial score (nSPS) is 14.9. The van der Waals surface area contributed by atoms with Gasteiger partial charge in [0.1, 0.15) is 0 Å². The van der Waals surface area contributed by atoms with Gasteiger partial charge in [-0.15, -0.1) is 0 Å². The standard InChI is InChI=1S/C9H17F2NO2/c1-6(2)7(3)12(4)5-9(10,11)8(13)14/h6-7H,5H2,1-4H3,(H,13,14). The Labute approximate surface area is 82.7 Å². The first-order valence-electron chi connectivity index (χ1n) is 4.50. The van der Waals surface area contributed by atoms with Crippen molar-refractivity contribution in [3.63, 3.8) is 0 Å². The number of carboxylic acid groups (broad SMARTS) is 1. The topological polar surface area (TPSA) is 40.5 Å². The first-order valence-corrected chi connectivity index (χ1v) is 4.50. The number of hydrogen-bond donors (Lipinski definition) is 1. The molecule has 0 fully saturated rings. The predicted octanol–water partition coefficient (Wildman–Crippen LogP) is 1.68. The van der Waals surface area contributed by atoms with Gasteiger partial charge in [0, 0.05) is 6.04 Å². The molecule has 5 heteroatoms. The van der Waals surface area contributed by atoms with E-state index in [2.05, 4.69) is 0 Å². The summed E-state index contributed by atoms with van der Waals surface area (Å²) in [6, 6.07) is -0.0692. The smallest absolute Gasteiger partial charge is 0.375 e. The molecule has 0 aliphatic carbocycles. The van der Waals surface area contributed by atoms with E-state index >= 15 is 0 Å². The number of alkyl halides is 2. The van der Waals surface area contributed by atoms with E-state index in [1.807, 2.05) is 13.8 Å². The van der Waals surface area contributed by atoms with Crippen molar-refractivity contribution in [2.45, 2.75) is 32.7 Å². The van der Waals surface area contributed by atoms with Crippen molar-refractivity contribution in [3.05, 3.63) is 0 Å². The highest BCUT2D eigenvalue weighted by atomic mass is 19.3. The van der Waals surface area contributed by atoms with Gasteiger partial charge in [0.05, 0.1) is 6.54 Å². The molecule has 84 valence electrons. The van der Waals surface area contributed by atoms with Crippen molar-refractivity contribution in [1.82, 2.24) is 4.90 Å². The van der Waals surface area contributed by atoms with Crippen LogP contribution in [0.2, 0.25) is 0 Å². The maximum absolute atomic E-state index is 12.8. The molecule has 0 aromatic carbocycles. The van der Waals surface area contributed by atoms with Gasteiger partial charge in [-0.3, -0.25) is 4.90 Å². The molecule has 3 nitrogen and oxygen atoms in total.